The first-order valence-electron chi connectivity index (χ1n) is 7.72. The highest BCUT2D eigenvalue weighted by Crippen LogP contribution is 2.34. The number of hydrogen-bond acceptors (Lipinski definition) is 1. The van der Waals surface area contributed by atoms with Gasteiger partial charge in [0.25, 0.3) is 0 Å². The van der Waals surface area contributed by atoms with Crippen LogP contribution in [-0.2, 0) is 4.74 Å². The van der Waals surface area contributed by atoms with E-state index in [0.717, 1.165) is 27.7 Å². The third kappa shape index (κ3) is 2.78. The number of hydrogen-bond donors (Lipinski definition) is 0. The lowest BCUT2D eigenvalue weighted by atomic mass is 9.95. The monoisotopic (exact) mass is 324 g/mol. The molecule has 24 heavy (non-hydrogen) atoms. The van der Waals surface area contributed by atoms with Gasteiger partial charge in [0, 0.05) is 5.56 Å². The fraction of sp³-hybridized carbons (Fsp3) is 0.143. The maximum Gasteiger partial charge on any atom is 0.133 e. The number of rotatable bonds is 3. The number of allylic oxidation sites excluding steroid dienone is 1. The smallest absolute Gasteiger partial charge is 0.133 e. The van der Waals surface area contributed by atoms with Crippen molar-refractivity contribution in [3.63, 3.8) is 0 Å². The summed E-state index contributed by atoms with van der Waals surface area (Å²) < 4.78 is 34.0. The summed E-state index contributed by atoms with van der Waals surface area (Å²) in [6, 6.07) is 15.2. The Kier molecular flexibility index (Phi) is 4.34. The van der Waals surface area contributed by atoms with Crippen molar-refractivity contribution in [3.8, 4) is 11.1 Å². The van der Waals surface area contributed by atoms with E-state index in [9.17, 15) is 8.78 Å². The summed E-state index contributed by atoms with van der Waals surface area (Å²) in [5, 5.41) is 1.71. The molecule has 0 radical (unpaired) electrons. The highest BCUT2D eigenvalue weighted by molar-refractivity contribution is 5.98. The van der Waals surface area contributed by atoms with Gasteiger partial charge in [0.15, 0.2) is 0 Å². The van der Waals surface area contributed by atoms with Crippen LogP contribution in [0.25, 0.3) is 27.7 Å². The van der Waals surface area contributed by atoms with E-state index in [1.165, 1.54) is 18.2 Å². The van der Waals surface area contributed by atoms with E-state index >= 15 is 0 Å². The Morgan fingerprint density at radius 1 is 0.875 bits per heavy atom. The van der Waals surface area contributed by atoms with E-state index < -0.39 is 11.6 Å². The van der Waals surface area contributed by atoms with Crippen molar-refractivity contribution in [2.24, 2.45) is 0 Å². The summed E-state index contributed by atoms with van der Waals surface area (Å²) in [5.74, 6) is -0.370. The lowest BCUT2D eigenvalue weighted by Gasteiger charge is -2.13. The largest absolute Gasteiger partial charge is 0.496 e. The third-order valence-electron chi connectivity index (χ3n) is 4.03. The highest BCUT2D eigenvalue weighted by atomic mass is 19.1. The van der Waals surface area contributed by atoms with Gasteiger partial charge in [-0.25, -0.2) is 8.78 Å². The van der Waals surface area contributed by atoms with Crippen LogP contribution in [0, 0.1) is 11.6 Å². The van der Waals surface area contributed by atoms with Crippen LogP contribution in [-0.4, -0.2) is 7.11 Å². The SMILES string of the molecule is COC(=C(C)C)c1ccc2cccc(-c3c(F)cccc3F)c2c1. The van der Waals surface area contributed by atoms with Gasteiger partial charge in [-0.1, -0.05) is 36.4 Å². The Labute approximate surface area is 140 Å². The van der Waals surface area contributed by atoms with Crippen LogP contribution >= 0.6 is 0 Å². The predicted octanol–water partition coefficient (Wildman–Crippen LogP) is 6.18. The molecule has 3 rings (SSSR count). The maximum atomic E-state index is 14.2. The van der Waals surface area contributed by atoms with Gasteiger partial charge in [0.05, 0.1) is 12.7 Å². The second kappa shape index (κ2) is 6.44. The van der Waals surface area contributed by atoms with Crippen LogP contribution in [0.3, 0.4) is 0 Å². The van der Waals surface area contributed by atoms with Gasteiger partial charge in [0.1, 0.15) is 17.4 Å². The van der Waals surface area contributed by atoms with E-state index in [1.807, 2.05) is 38.1 Å². The number of benzene rings is 3. The molecule has 122 valence electrons. The Hall–Kier alpha value is -2.68. The molecule has 3 heteroatoms. The molecule has 0 aliphatic heterocycles. The van der Waals surface area contributed by atoms with Gasteiger partial charge in [-0.2, -0.15) is 0 Å². The molecule has 0 spiro atoms. The van der Waals surface area contributed by atoms with Crippen molar-refractivity contribution in [3.05, 3.63) is 77.4 Å². The average molecular weight is 324 g/mol. The fourth-order valence-electron chi connectivity index (χ4n) is 3.00. The normalized spacial score (nSPS) is 10.7. The quantitative estimate of drug-likeness (QED) is 0.523. The molecular formula is C21H18F2O. The van der Waals surface area contributed by atoms with E-state index in [-0.39, 0.29) is 5.56 Å². The van der Waals surface area contributed by atoms with Crippen LogP contribution in [0.4, 0.5) is 8.78 Å². The van der Waals surface area contributed by atoms with Crippen molar-refractivity contribution in [2.75, 3.05) is 7.11 Å². The molecule has 0 heterocycles. The van der Waals surface area contributed by atoms with Gasteiger partial charge in [-0.05, 0) is 54.0 Å². The summed E-state index contributed by atoms with van der Waals surface area (Å²) in [5.41, 5.74) is 2.45. The summed E-state index contributed by atoms with van der Waals surface area (Å²) >= 11 is 0. The third-order valence-corrected chi connectivity index (χ3v) is 4.03. The number of halogens is 2. The number of ether oxygens (including phenoxy) is 1. The van der Waals surface area contributed by atoms with Crippen molar-refractivity contribution in [1.82, 2.24) is 0 Å². The van der Waals surface area contributed by atoms with E-state index in [4.69, 9.17) is 4.74 Å². The molecule has 0 saturated heterocycles. The molecule has 0 aliphatic rings. The van der Waals surface area contributed by atoms with Crippen molar-refractivity contribution < 1.29 is 13.5 Å². The zero-order valence-corrected chi connectivity index (χ0v) is 13.9. The van der Waals surface area contributed by atoms with E-state index in [1.54, 1.807) is 19.2 Å². The van der Waals surface area contributed by atoms with Crippen LogP contribution < -0.4 is 0 Å². The van der Waals surface area contributed by atoms with Crippen molar-refractivity contribution in [2.45, 2.75) is 13.8 Å². The number of fused-ring (bicyclic) bond motifs is 1. The predicted molar refractivity (Wildman–Crippen MR) is 94.6 cm³/mol. The highest BCUT2D eigenvalue weighted by Gasteiger charge is 2.14. The molecule has 0 atom stereocenters. The lowest BCUT2D eigenvalue weighted by Crippen LogP contribution is -1.93. The van der Waals surface area contributed by atoms with Gasteiger partial charge < -0.3 is 4.74 Å². The Bertz CT molecular complexity index is 917. The molecule has 3 aromatic rings. The average Bonchev–Trinajstić information content (AvgIpc) is 2.55. The van der Waals surface area contributed by atoms with E-state index in [2.05, 4.69) is 0 Å². The Morgan fingerprint density at radius 2 is 1.54 bits per heavy atom. The molecule has 3 aromatic carbocycles. The Balaban J connectivity index is 2.32. The van der Waals surface area contributed by atoms with Crippen LogP contribution in [0.15, 0.2) is 60.2 Å². The van der Waals surface area contributed by atoms with Crippen LogP contribution in [0.5, 0.6) is 0 Å². The molecule has 0 amide bonds. The zero-order valence-electron chi connectivity index (χ0n) is 13.9. The molecule has 0 aromatic heterocycles. The minimum absolute atomic E-state index is 0.00332. The van der Waals surface area contributed by atoms with Crippen LogP contribution in [0.1, 0.15) is 19.4 Å². The first-order valence-corrected chi connectivity index (χ1v) is 7.72. The zero-order chi connectivity index (χ0) is 17.3. The van der Waals surface area contributed by atoms with Gasteiger partial charge >= 0.3 is 0 Å². The van der Waals surface area contributed by atoms with Gasteiger partial charge in [-0.3, -0.25) is 0 Å². The molecule has 0 bridgehead atoms. The molecule has 0 N–H and O–H groups in total. The molecule has 0 saturated carbocycles. The summed E-state index contributed by atoms with van der Waals surface area (Å²) in [7, 11) is 1.62. The standard InChI is InChI=1S/C21H18F2O/c1-13(2)21(24-3)15-11-10-14-6-4-7-16(17(14)12-15)20-18(22)8-5-9-19(20)23/h4-12H,1-3H3. The molecule has 1 nitrogen and oxygen atoms in total. The summed E-state index contributed by atoms with van der Waals surface area (Å²) in [6.45, 7) is 3.93. The van der Waals surface area contributed by atoms with Crippen molar-refractivity contribution >= 4 is 16.5 Å². The van der Waals surface area contributed by atoms with Crippen LogP contribution in [0.2, 0.25) is 0 Å². The Morgan fingerprint density at radius 3 is 2.17 bits per heavy atom. The first kappa shape index (κ1) is 16.2. The summed E-state index contributed by atoms with van der Waals surface area (Å²) in [4.78, 5) is 0. The topological polar surface area (TPSA) is 9.23 Å². The van der Waals surface area contributed by atoms with E-state index in [0.29, 0.717) is 5.56 Å². The molecule has 0 fully saturated rings. The minimum Gasteiger partial charge on any atom is -0.496 e. The molecular weight excluding hydrogens is 306 g/mol. The van der Waals surface area contributed by atoms with Crippen molar-refractivity contribution in [1.29, 1.82) is 0 Å². The molecule has 0 aliphatic carbocycles. The number of methoxy groups -OCH3 is 1. The lowest BCUT2D eigenvalue weighted by molar-refractivity contribution is 0.367. The first-order chi connectivity index (χ1) is 11.5. The maximum absolute atomic E-state index is 14.2. The fourth-order valence-corrected chi connectivity index (χ4v) is 3.00. The van der Waals surface area contributed by atoms with Gasteiger partial charge in [0.2, 0.25) is 0 Å². The second-order valence-corrected chi connectivity index (χ2v) is 5.87. The molecule has 0 unspecified atom stereocenters. The van der Waals surface area contributed by atoms with Gasteiger partial charge in [-0.15, -0.1) is 0 Å². The minimum atomic E-state index is -0.568. The second-order valence-electron chi connectivity index (χ2n) is 5.87. The summed E-state index contributed by atoms with van der Waals surface area (Å²) in [6.07, 6.45) is 0.